The quantitative estimate of drug-likeness (QED) is 0.699. The molecule has 2 aromatic carbocycles. The molecule has 0 saturated heterocycles. The van der Waals surface area contributed by atoms with Crippen molar-refractivity contribution < 1.29 is 9.47 Å². The number of aromatic nitrogens is 3. The summed E-state index contributed by atoms with van der Waals surface area (Å²) in [5, 5.41) is 8.77. The van der Waals surface area contributed by atoms with Crippen LogP contribution in [0.2, 0.25) is 0 Å². The normalized spacial score (nSPS) is 16.2. The second kappa shape index (κ2) is 7.13. The van der Waals surface area contributed by atoms with E-state index in [9.17, 15) is 4.79 Å². The van der Waals surface area contributed by atoms with Gasteiger partial charge in [-0.1, -0.05) is 36.4 Å². The van der Waals surface area contributed by atoms with E-state index < -0.39 is 0 Å². The third kappa shape index (κ3) is 3.25. The monoisotopic (exact) mass is 352 g/mol. The lowest BCUT2D eigenvalue weighted by molar-refractivity contribution is 0.0488. The lowest BCUT2D eigenvalue weighted by Gasteiger charge is -2.30. The van der Waals surface area contributed by atoms with Crippen LogP contribution in [0.4, 0.5) is 0 Å². The van der Waals surface area contributed by atoms with Gasteiger partial charge in [0.15, 0.2) is 11.5 Å². The summed E-state index contributed by atoms with van der Waals surface area (Å²) in [5.41, 5.74) is 0.470. The number of hydrogen-bond donors (Lipinski definition) is 0. The highest BCUT2D eigenvalue weighted by Crippen LogP contribution is 2.31. The third-order valence-electron chi connectivity index (χ3n) is 4.44. The molecule has 0 aliphatic carbocycles. The van der Waals surface area contributed by atoms with Gasteiger partial charge in [0.05, 0.1) is 12.1 Å². The molecule has 134 valence electrons. The fourth-order valence-electron chi connectivity index (χ4n) is 3.03. The SMILES string of the molecule is CCN(CC1COc2ccccc2O1)Cn1nnc2ccccc2c1=O. The van der Waals surface area contributed by atoms with E-state index in [1.54, 1.807) is 12.1 Å². The summed E-state index contributed by atoms with van der Waals surface area (Å²) in [6, 6.07) is 14.9. The first-order valence-corrected chi connectivity index (χ1v) is 8.68. The largest absolute Gasteiger partial charge is 0.486 e. The highest BCUT2D eigenvalue weighted by molar-refractivity contribution is 5.76. The van der Waals surface area contributed by atoms with Gasteiger partial charge in [-0.3, -0.25) is 9.69 Å². The third-order valence-corrected chi connectivity index (χ3v) is 4.44. The van der Waals surface area contributed by atoms with Gasteiger partial charge in [0.2, 0.25) is 0 Å². The predicted octanol–water partition coefficient (Wildman–Crippen LogP) is 1.91. The zero-order valence-electron chi connectivity index (χ0n) is 14.5. The second-order valence-corrected chi connectivity index (χ2v) is 6.22. The fraction of sp³-hybridized carbons (Fsp3) is 0.316. The van der Waals surface area contributed by atoms with Gasteiger partial charge in [-0.15, -0.1) is 5.10 Å². The number of nitrogens with zero attached hydrogens (tertiary/aromatic N) is 4. The van der Waals surface area contributed by atoms with Gasteiger partial charge in [-0.05, 0) is 30.8 Å². The first kappa shape index (κ1) is 16.5. The molecule has 4 rings (SSSR count). The average Bonchev–Trinajstić information content (AvgIpc) is 2.69. The minimum Gasteiger partial charge on any atom is -0.486 e. The zero-order valence-corrected chi connectivity index (χ0v) is 14.5. The van der Waals surface area contributed by atoms with Crippen molar-refractivity contribution in [3.05, 3.63) is 58.9 Å². The van der Waals surface area contributed by atoms with Gasteiger partial charge in [-0.25, -0.2) is 0 Å². The number of rotatable bonds is 5. The molecular formula is C19H20N4O3. The van der Waals surface area contributed by atoms with Crippen molar-refractivity contribution in [3.63, 3.8) is 0 Å². The van der Waals surface area contributed by atoms with Crippen LogP contribution in [0.5, 0.6) is 11.5 Å². The second-order valence-electron chi connectivity index (χ2n) is 6.22. The molecule has 1 aromatic heterocycles. The molecule has 3 aromatic rings. The lowest BCUT2D eigenvalue weighted by atomic mass is 10.2. The first-order valence-electron chi connectivity index (χ1n) is 8.68. The van der Waals surface area contributed by atoms with Crippen molar-refractivity contribution in [1.82, 2.24) is 19.9 Å². The van der Waals surface area contributed by atoms with Crippen molar-refractivity contribution >= 4 is 10.9 Å². The molecule has 26 heavy (non-hydrogen) atoms. The highest BCUT2D eigenvalue weighted by Gasteiger charge is 2.23. The van der Waals surface area contributed by atoms with Crippen LogP contribution in [0.1, 0.15) is 6.92 Å². The van der Waals surface area contributed by atoms with Crippen molar-refractivity contribution in [1.29, 1.82) is 0 Å². The van der Waals surface area contributed by atoms with E-state index in [-0.39, 0.29) is 11.7 Å². The summed E-state index contributed by atoms with van der Waals surface area (Å²) < 4.78 is 13.2. The van der Waals surface area contributed by atoms with Crippen LogP contribution in [-0.4, -0.2) is 45.7 Å². The highest BCUT2D eigenvalue weighted by atomic mass is 16.6. The molecule has 2 heterocycles. The number of hydrogen-bond acceptors (Lipinski definition) is 6. The van der Waals surface area contributed by atoms with E-state index in [0.717, 1.165) is 18.0 Å². The van der Waals surface area contributed by atoms with Crippen molar-refractivity contribution in [2.75, 3.05) is 19.7 Å². The van der Waals surface area contributed by atoms with Crippen LogP contribution in [0.25, 0.3) is 10.9 Å². The molecule has 1 unspecified atom stereocenters. The number of likely N-dealkylation sites (N-methyl/N-ethyl adjacent to an activating group) is 1. The van der Waals surface area contributed by atoms with Crippen molar-refractivity contribution in [2.24, 2.45) is 0 Å². The Kier molecular flexibility index (Phi) is 4.53. The van der Waals surface area contributed by atoms with E-state index in [1.165, 1.54) is 4.68 Å². The van der Waals surface area contributed by atoms with E-state index in [1.807, 2.05) is 43.3 Å². The van der Waals surface area contributed by atoms with E-state index in [2.05, 4.69) is 15.2 Å². The molecule has 0 N–H and O–H groups in total. The Balaban J connectivity index is 1.49. The van der Waals surface area contributed by atoms with Crippen molar-refractivity contribution in [2.45, 2.75) is 19.7 Å². The Bertz CT molecular complexity index is 972. The Morgan fingerprint density at radius 3 is 2.77 bits per heavy atom. The molecule has 7 nitrogen and oxygen atoms in total. The van der Waals surface area contributed by atoms with Crippen LogP contribution < -0.4 is 15.0 Å². The van der Waals surface area contributed by atoms with E-state index in [4.69, 9.17) is 9.47 Å². The summed E-state index contributed by atoms with van der Waals surface area (Å²) in [6.45, 7) is 4.26. The van der Waals surface area contributed by atoms with Gasteiger partial charge in [-0.2, -0.15) is 4.68 Å². The molecule has 0 saturated carbocycles. The minimum absolute atomic E-state index is 0.103. The first-order chi connectivity index (χ1) is 12.7. The smallest absolute Gasteiger partial charge is 0.278 e. The fourth-order valence-corrected chi connectivity index (χ4v) is 3.03. The summed E-state index contributed by atoms with van der Waals surface area (Å²) in [7, 11) is 0. The predicted molar refractivity (Wildman–Crippen MR) is 97.4 cm³/mol. The minimum atomic E-state index is -0.139. The molecule has 0 fully saturated rings. The summed E-state index contributed by atoms with van der Waals surface area (Å²) in [5.74, 6) is 1.52. The molecular weight excluding hydrogens is 332 g/mol. The molecule has 1 atom stereocenters. The number of ether oxygens (including phenoxy) is 2. The maximum atomic E-state index is 12.6. The standard InChI is InChI=1S/C19H20N4O3/c1-2-22(11-14-12-25-17-9-5-6-10-18(17)26-14)13-23-19(24)15-7-3-4-8-16(15)20-21-23/h3-10,14H,2,11-13H2,1H3. The average molecular weight is 352 g/mol. The van der Waals surface area contributed by atoms with Crippen LogP contribution in [0.3, 0.4) is 0 Å². The van der Waals surface area contributed by atoms with Crippen LogP contribution in [0, 0.1) is 0 Å². The maximum absolute atomic E-state index is 12.6. The summed E-state index contributed by atoms with van der Waals surface area (Å²) in [6.07, 6.45) is -0.103. The van der Waals surface area contributed by atoms with Gasteiger partial charge in [0.25, 0.3) is 5.56 Å². The molecule has 0 radical (unpaired) electrons. The summed E-state index contributed by atoms with van der Waals surface area (Å²) in [4.78, 5) is 14.7. The molecule has 1 aliphatic rings. The molecule has 7 heteroatoms. The summed E-state index contributed by atoms with van der Waals surface area (Å²) >= 11 is 0. The van der Waals surface area contributed by atoms with Gasteiger partial charge in [0.1, 0.15) is 18.2 Å². The zero-order chi connectivity index (χ0) is 17.9. The number of fused-ring (bicyclic) bond motifs is 2. The van der Waals surface area contributed by atoms with Crippen molar-refractivity contribution in [3.8, 4) is 11.5 Å². The van der Waals surface area contributed by atoms with Crippen LogP contribution in [0.15, 0.2) is 53.3 Å². The topological polar surface area (TPSA) is 69.5 Å². The Morgan fingerprint density at radius 2 is 1.92 bits per heavy atom. The van der Waals surface area contributed by atoms with Gasteiger partial charge < -0.3 is 9.47 Å². The molecule has 0 bridgehead atoms. The molecule has 1 aliphatic heterocycles. The molecule has 0 spiro atoms. The Hall–Kier alpha value is -2.93. The lowest BCUT2D eigenvalue weighted by Crippen LogP contribution is -2.43. The van der Waals surface area contributed by atoms with E-state index >= 15 is 0 Å². The van der Waals surface area contributed by atoms with Gasteiger partial charge in [0, 0.05) is 6.54 Å². The Morgan fingerprint density at radius 1 is 1.15 bits per heavy atom. The van der Waals surface area contributed by atoms with Gasteiger partial charge >= 0.3 is 0 Å². The number of para-hydroxylation sites is 2. The van der Waals surface area contributed by atoms with Crippen LogP contribution in [-0.2, 0) is 6.67 Å². The number of benzene rings is 2. The van der Waals surface area contributed by atoms with Crippen LogP contribution >= 0.6 is 0 Å². The maximum Gasteiger partial charge on any atom is 0.278 e. The Labute approximate surface area is 150 Å². The molecule has 0 amide bonds. The van der Waals surface area contributed by atoms with E-state index in [0.29, 0.717) is 30.7 Å².